The lowest BCUT2D eigenvalue weighted by Gasteiger charge is -2.25. The van der Waals surface area contributed by atoms with Gasteiger partial charge in [0.25, 0.3) is 0 Å². The van der Waals surface area contributed by atoms with Crippen molar-refractivity contribution in [2.75, 3.05) is 20.4 Å². The molecule has 0 unspecified atom stereocenters. The van der Waals surface area contributed by atoms with Gasteiger partial charge in [-0.15, -0.1) is 6.58 Å². The van der Waals surface area contributed by atoms with Gasteiger partial charge in [-0.05, 0) is 18.9 Å². The molecular formula is C15H27N3O6Si. The van der Waals surface area contributed by atoms with E-state index >= 15 is 0 Å². The molecule has 9 nitrogen and oxygen atoms in total. The predicted octanol–water partition coefficient (Wildman–Crippen LogP) is -0.576. The Hall–Kier alpha value is -1.75. The zero-order valence-electron chi connectivity index (χ0n) is 15.1. The van der Waals surface area contributed by atoms with E-state index in [0.717, 1.165) is 13.7 Å². The maximum absolute atomic E-state index is 12.5. The Morgan fingerprint density at radius 3 is 2.00 bits per heavy atom. The fourth-order valence-electron chi connectivity index (χ4n) is 2.58. The van der Waals surface area contributed by atoms with Gasteiger partial charge >= 0.3 is 25.6 Å². The van der Waals surface area contributed by atoms with Crippen molar-refractivity contribution in [3.8, 4) is 0 Å². The van der Waals surface area contributed by atoms with E-state index in [-0.39, 0.29) is 25.9 Å². The molecule has 1 heterocycles. The summed E-state index contributed by atoms with van der Waals surface area (Å²) >= 11 is 0. The summed E-state index contributed by atoms with van der Waals surface area (Å²) in [5, 5.41) is 9.47. The summed E-state index contributed by atoms with van der Waals surface area (Å²) in [5.74, 6) is 0. The monoisotopic (exact) mass is 373 g/mol. The Balaban J connectivity index is 3.22. The van der Waals surface area contributed by atoms with Crippen molar-refractivity contribution < 1.29 is 14.0 Å². The quantitative estimate of drug-likeness (QED) is 0.411. The molecule has 0 saturated heterocycles. The summed E-state index contributed by atoms with van der Waals surface area (Å²) in [6.07, 6.45) is 2.22. The van der Waals surface area contributed by atoms with Crippen molar-refractivity contribution in [2.24, 2.45) is 0 Å². The van der Waals surface area contributed by atoms with Gasteiger partial charge < -0.3 is 14.0 Å². The van der Waals surface area contributed by atoms with E-state index < -0.39 is 25.6 Å². The zero-order chi connectivity index (χ0) is 19.0. The molecule has 0 aliphatic heterocycles. The molecule has 142 valence electrons. The molecule has 25 heavy (non-hydrogen) atoms. The van der Waals surface area contributed by atoms with Gasteiger partial charge in [0.1, 0.15) is 0 Å². The zero-order valence-corrected chi connectivity index (χ0v) is 16.1. The number of hydrogen-bond acceptors (Lipinski definition) is 6. The molecule has 0 fully saturated rings. The summed E-state index contributed by atoms with van der Waals surface area (Å²) in [7, 11) is 0.210. The van der Waals surface area contributed by atoms with E-state index in [0.29, 0.717) is 18.9 Å². The van der Waals surface area contributed by atoms with Crippen LogP contribution in [0.2, 0.25) is 6.04 Å². The molecule has 0 spiro atoms. The van der Waals surface area contributed by atoms with Gasteiger partial charge in [-0.1, -0.05) is 13.0 Å². The molecule has 0 atom stereocenters. The third-order valence-electron chi connectivity index (χ3n) is 4.07. The van der Waals surface area contributed by atoms with Gasteiger partial charge in [-0.2, -0.15) is 0 Å². The second-order valence-corrected chi connectivity index (χ2v) is 9.08. The molecule has 1 N–H and O–H groups in total. The third kappa shape index (κ3) is 4.66. The minimum atomic E-state index is -2.73. The van der Waals surface area contributed by atoms with E-state index in [1.54, 1.807) is 0 Å². The molecule has 0 radical (unpaired) electrons. The van der Waals surface area contributed by atoms with Gasteiger partial charge in [-0.25, -0.2) is 28.1 Å². The Kier molecular flexibility index (Phi) is 8.22. The van der Waals surface area contributed by atoms with Crippen LogP contribution in [0.5, 0.6) is 0 Å². The maximum atomic E-state index is 12.5. The molecule has 1 aromatic heterocycles. The van der Waals surface area contributed by atoms with Crippen LogP contribution in [0, 0.1) is 0 Å². The highest BCUT2D eigenvalue weighted by molar-refractivity contribution is 6.67. The number of hydrogen-bond donors (Lipinski definition) is 1. The standard InChI is InChI=1S/C15H27N3O6Si/c1-5-8-16-13(20)17(9-6-2)15(22)18(14(16)21)10-7-11-25(12-19,23-3)24-4/h5,19H,1,6-12H2,2-4H3. The fraction of sp³-hybridized carbons (Fsp3) is 0.667. The number of aromatic nitrogens is 3. The van der Waals surface area contributed by atoms with Crippen LogP contribution in [0.3, 0.4) is 0 Å². The lowest BCUT2D eigenvalue weighted by atomic mass is 10.4. The predicted molar refractivity (Wildman–Crippen MR) is 96.0 cm³/mol. The maximum Gasteiger partial charge on any atom is 0.364 e. The van der Waals surface area contributed by atoms with Crippen LogP contribution in [-0.4, -0.2) is 47.8 Å². The summed E-state index contributed by atoms with van der Waals surface area (Å²) < 4.78 is 13.7. The first-order valence-corrected chi connectivity index (χ1v) is 10.4. The molecule has 0 aliphatic carbocycles. The van der Waals surface area contributed by atoms with Gasteiger partial charge in [0.2, 0.25) is 0 Å². The highest BCUT2D eigenvalue weighted by Crippen LogP contribution is 2.13. The first-order valence-electron chi connectivity index (χ1n) is 8.17. The van der Waals surface area contributed by atoms with Crippen LogP contribution in [0.15, 0.2) is 27.0 Å². The number of allylic oxidation sites excluding steroid dienone is 1. The lowest BCUT2D eigenvalue weighted by molar-refractivity contribution is 0.195. The van der Waals surface area contributed by atoms with Crippen LogP contribution in [0.25, 0.3) is 0 Å². The van der Waals surface area contributed by atoms with Gasteiger partial charge in [0.15, 0.2) is 0 Å². The van der Waals surface area contributed by atoms with Crippen molar-refractivity contribution in [2.45, 2.75) is 45.4 Å². The van der Waals surface area contributed by atoms with Gasteiger partial charge in [-0.3, -0.25) is 0 Å². The Labute approximate surface area is 147 Å². The topological polar surface area (TPSA) is 105 Å². The first kappa shape index (κ1) is 21.3. The van der Waals surface area contributed by atoms with Gasteiger partial charge in [0, 0.05) is 27.3 Å². The second kappa shape index (κ2) is 9.66. The number of rotatable bonds is 11. The minimum absolute atomic E-state index is 0.0349. The van der Waals surface area contributed by atoms with E-state index in [1.807, 2.05) is 6.92 Å². The van der Waals surface area contributed by atoms with E-state index in [1.165, 1.54) is 20.3 Å². The molecule has 1 aromatic rings. The molecule has 0 saturated carbocycles. The second-order valence-electron chi connectivity index (χ2n) is 5.63. The molecule has 0 bridgehead atoms. The number of aliphatic hydroxyl groups is 1. The van der Waals surface area contributed by atoms with Crippen molar-refractivity contribution in [3.05, 3.63) is 44.1 Å². The van der Waals surface area contributed by atoms with Crippen LogP contribution in [0.1, 0.15) is 19.8 Å². The Morgan fingerprint density at radius 1 is 1.04 bits per heavy atom. The van der Waals surface area contributed by atoms with E-state index in [4.69, 9.17) is 8.85 Å². The average molecular weight is 373 g/mol. The van der Waals surface area contributed by atoms with E-state index in [9.17, 15) is 19.5 Å². The van der Waals surface area contributed by atoms with Gasteiger partial charge in [0.05, 0.1) is 12.8 Å². The molecular weight excluding hydrogens is 346 g/mol. The molecule has 0 aromatic carbocycles. The van der Waals surface area contributed by atoms with Crippen LogP contribution >= 0.6 is 0 Å². The molecule has 0 aliphatic rings. The summed E-state index contributed by atoms with van der Waals surface area (Å²) in [6, 6.07) is 0.413. The van der Waals surface area contributed by atoms with Crippen LogP contribution in [-0.2, 0) is 28.5 Å². The first-order chi connectivity index (χ1) is 11.9. The number of nitrogens with zero attached hydrogens (tertiary/aromatic N) is 3. The smallest absolute Gasteiger partial charge is 0.364 e. The highest BCUT2D eigenvalue weighted by Gasteiger charge is 2.34. The van der Waals surface area contributed by atoms with E-state index in [2.05, 4.69) is 6.58 Å². The largest absolute Gasteiger partial charge is 0.396 e. The minimum Gasteiger partial charge on any atom is -0.396 e. The Bertz CT molecular complexity index is 739. The van der Waals surface area contributed by atoms with Crippen molar-refractivity contribution in [1.82, 2.24) is 13.7 Å². The third-order valence-corrected chi connectivity index (χ3v) is 7.15. The van der Waals surface area contributed by atoms with Crippen molar-refractivity contribution in [1.29, 1.82) is 0 Å². The normalized spacial score (nSPS) is 11.7. The average Bonchev–Trinajstić information content (AvgIpc) is 2.62. The number of aliphatic hydroxyl groups excluding tert-OH is 1. The summed E-state index contributed by atoms with van der Waals surface area (Å²) in [5.41, 5.74) is -1.91. The fourth-order valence-corrected chi connectivity index (χ4v) is 4.26. The summed E-state index contributed by atoms with van der Waals surface area (Å²) in [6.45, 7) is 5.77. The van der Waals surface area contributed by atoms with Crippen LogP contribution < -0.4 is 17.1 Å². The molecule has 10 heteroatoms. The van der Waals surface area contributed by atoms with Crippen molar-refractivity contribution >= 4 is 8.56 Å². The highest BCUT2D eigenvalue weighted by atomic mass is 28.4. The van der Waals surface area contributed by atoms with Crippen molar-refractivity contribution in [3.63, 3.8) is 0 Å². The molecule has 0 amide bonds. The SMILES string of the molecule is C=CCn1c(=O)n(CCC)c(=O)n(CCC[Si](CO)(OC)OC)c1=O. The van der Waals surface area contributed by atoms with Crippen LogP contribution in [0.4, 0.5) is 0 Å². The Morgan fingerprint density at radius 2 is 1.56 bits per heavy atom. The molecule has 1 rings (SSSR count). The lowest BCUT2D eigenvalue weighted by Crippen LogP contribution is -2.54. The summed E-state index contributed by atoms with van der Waals surface area (Å²) in [4.78, 5) is 37.3.